The zero-order chi connectivity index (χ0) is 18.5. The molecule has 0 aliphatic carbocycles. The van der Waals surface area contributed by atoms with Crippen molar-refractivity contribution in [2.24, 2.45) is 0 Å². The third-order valence-electron chi connectivity index (χ3n) is 4.05. The van der Waals surface area contributed by atoms with E-state index in [1.807, 2.05) is 32.0 Å². The lowest BCUT2D eigenvalue weighted by molar-refractivity contribution is 0.101. The van der Waals surface area contributed by atoms with Crippen LogP contribution in [0.3, 0.4) is 0 Å². The molecule has 0 aliphatic rings. The highest BCUT2D eigenvalue weighted by atomic mass is 127. The molecule has 1 aromatic carbocycles. The van der Waals surface area contributed by atoms with Gasteiger partial charge in [-0.15, -0.1) is 24.0 Å². The van der Waals surface area contributed by atoms with Crippen molar-refractivity contribution >= 4 is 46.5 Å². The third kappa shape index (κ3) is 4.95. The van der Waals surface area contributed by atoms with Crippen molar-refractivity contribution in [2.75, 3.05) is 25.6 Å². The second kappa shape index (κ2) is 9.65. The molecule has 144 valence electrons. The molecule has 0 unspecified atom stereocenters. The van der Waals surface area contributed by atoms with E-state index in [0.29, 0.717) is 36.2 Å². The van der Waals surface area contributed by atoms with Crippen molar-refractivity contribution in [3.8, 4) is 5.75 Å². The predicted molar refractivity (Wildman–Crippen MR) is 115 cm³/mol. The number of ketones is 1. The van der Waals surface area contributed by atoms with E-state index in [-0.39, 0.29) is 36.3 Å². The third-order valence-corrected chi connectivity index (χ3v) is 4.05. The molecule has 0 amide bonds. The Kier molecular flexibility index (Phi) is 7.55. The SMILES string of the molecule is CCOCc1cnc(C)nc1NCC(=O)c1c[nH]c2ccc(OC)cc12.I. The summed E-state index contributed by atoms with van der Waals surface area (Å²) < 4.78 is 10.7. The molecule has 3 aromatic rings. The standard InChI is InChI=1S/C19H22N4O3.HI/c1-4-26-11-13-8-20-12(2)23-19(13)22-10-18(24)16-9-21-17-6-5-14(25-3)7-15(16)17;/h5-9,21H,4,10-11H2,1-3H3,(H,20,22,23);1H. The number of H-pyrrole nitrogens is 1. The first-order valence-electron chi connectivity index (χ1n) is 8.44. The first-order chi connectivity index (χ1) is 12.6. The van der Waals surface area contributed by atoms with E-state index in [1.165, 1.54) is 0 Å². The summed E-state index contributed by atoms with van der Waals surface area (Å²) in [5, 5.41) is 3.96. The lowest BCUT2D eigenvalue weighted by atomic mass is 10.1. The topological polar surface area (TPSA) is 89.1 Å². The fourth-order valence-corrected chi connectivity index (χ4v) is 2.68. The van der Waals surface area contributed by atoms with Gasteiger partial charge >= 0.3 is 0 Å². The van der Waals surface area contributed by atoms with Gasteiger partial charge < -0.3 is 19.8 Å². The first-order valence-corrected chi connectivity index (χ1v) is 8.44. The fourth-order valence-electron chi connectivity index (χ4n) is 2.68. The van der Waals surface area contributed by atoms with Crippen molar-refractivity contribution in [3.63, 3.8) is 0 Å². The molecule has 8 heteroatoms. The molecule has 27 heavy (non-hydrogen) atoms. The van der Waals surface area contributed by atoms with E-state index in [0.717, 1.165) is 16.5 Å². The number of nitrogens with one attached hydrogen (secondary N) is 2. The molecular formula is C19H23IN4O3. The number of fused-ring (bicyclic) bond motifs is 1. The molecule has 3 rings (SSSR count). The Morgan fingerprint density at radius 3 is 2.89 bits per heavy atom. The maximum atomic E-state index is 12.7. The maximum absolute atomic E-state index is 12.7. The van der Waals surface area contributed by atoms with Gasteiger partial charge in [0.2, 0.25) is 0 Å². The van der Waals surface area contributed by atoms with Gasteiger partial charge in [-0.2, -0.15) is 0 Å². The summed E-state index contributed by atoms with van der Waals surface area (Å²) >= 11 is 0. The highest BCUT2D eigenvalue weighted by Gasteiger charge is 2.14. The van der Waals surface area contributed by atoms with Crippen molar-refractivity contribution in [2.45, 2.75) is 20.5 Å². The van der Waals surface area contributed by atoms with Crippen LogP contribution >= 0.6 is 24.0 Å². The summed E-state index contributed by atoms with van der Waals surface area (Å²) in [4.78, 5) is 24.4. The van der Waals surface area contributed by atoms with Gasteiger partial charge in [-0.1, -0.05) is 0 Å². The monoisotopic (exact) mass is 482 g/mol. The van der Waals surface area contributed by atoms with Gasteiger partial charge in [-0.25, -0.2) is 9.97 Å². The number of aromatic nitrogens is 3. The number of anilines is 1. The Hall–Kier alpha value is -2.20. The number of ether oxygens (including phenoxy) is 2. The van der Waals surface area contributed by atoms with Crippen molar-refractivity contribution < 1.29 is 14.3 Å². The average Bonchev–Trinajstić information content (AvgIpc) is 3.08. The number of aromatic amines is 1. The number of hydrogen-bond donors (Lipinski definition) is 2. The summed E-state index contributed by atoms with van der Waals surface area (Å²) in [7, 11) is 1.61. The van der Waals surface area contributed by atoms with E-state index >= 15 is 0 Å². The molecule has 0 aliphatic heterocycles. The van der Waals surface area contributed by atoms with Crippen molar-refractivity contribution in [3.05, 3.63) is 47.5 Å². The average molecular weight is 482 g/mol. The van der Waals surface area contributed by atoms with Gasteiger partial charge in [0.05, 0.1) is 20.3 Å². The van der Waals surface area contributed by atoms with Crippen LogP contribution in [0.5, 0.6) is 5.75 Å². The maximum Gasteiger partial charge on any atom is 0.184 e. The molecule has 7 nitrogen and oxygen atoms in total. The van der Waals surface area contributed by atoms with E-state index in [2.05, 4.69) is 20.3 Å². The lowest BCUT2D eigenvalue weighted by Gasteiger charge is -2.11. The number of carbonyl (C=O) groups excluding carboxylic acids is 1. The van der Waals surface area contributed by atoms with Gasteiger partial charge in [-0.3, -0.25) is 4.79 Å². The Morgan fingerprint density at radius 2 is 2.15 bits per heavy atom. The van der Waals surface area contributed by atoms with Crippen molar-refractivity contribution in [1.82, 2.24) is 15.0 Å². The quantitative estimate of drug-likeness (QED) is 0.376. The fraction of sp³-hybridized carbons (Fsp3) is 0.316. The second-order valence-corrected chi connectivity index (χ2v) is 5.82. The molecule has 0 spiro atoms. The molecule has 0 fully saturated rings. The number of methoxy groups -OCH3 is 1. The zero-order valence-electron chi connectivity index (χ0n) is 15.5. The minimum Gasteiger partial charge on any atom is -0.497 e. The van der Waals surface area contributed by atoms with E-state index in [9.17, 15) is 4.79 Å². The van der Waals surface area contributed by atoms with Crippen molar-refractivity contribution in [1.29, 1.82) is 0 Å². The predicted octanol–water partition coefficient (Wildman–Crippen LogP) is 3.72. The number of nitrogens with zero attached hydrogens (tertiary/aromatic N) is 2. The van der Waals surface area contributed by atoms with E-state index in [1.54, 1.807) is 19.5 Å². The molecular weight excluding hydrogens is 459 g/mol. The van der Waals surface area contributed by atoms with Crippen LogP contribution in [-0.2, 0) is 11.3 Å². The first kappa shape index (κ1) is 21.1. The Labute approximate surface area is 174 Å². The summed E-state index contributed by atoms with van der Waals surface area (Å²) in [6, 6.07) is 5.61. The molecule has 0 atom stereocenters. The van der Waals surface area contributed by atoms with Crippen LogP contribution in [0.1, 0.15) is 28.7 Å². The molecule has 0 radical (unpaired) electrons. The summed E-state index contributed by atoms with van der Waals surface area (Å²) in [6.07, 6.45) is 3.45. The summed E-state index contributed by atoms with van der Waals surface area (Å²) in [6.45, 7) is 4.86. The zero-order valence-corrected chi connectivity index (χ0v) is 17.9. The number of rotatable bonds is 8. The molecule has 2 aromatic heterocycles. The Bertz CT molecular complexity index is 926. The smallest absolute Gasteiger partial charge is 0.184 e. The molecule has 0 saturated heterocycles. The van der Waals surface area contributed by atoms with Crippen LogP contribution in [0.25, 0.3) is 10.9 Å². The van der Waals surface area contributed by atoms with Crippen LogP contribution in [0.4, 0.5) is 5.82 Å². The molecule has 2 heterocycles. The summed E-state index contributed by atoms with van der Waals surface area (Å²) in [5.41, 5.74) is 2.33. The normalized spacial score (nSPS) is 10.5. The molecule has 2 N–H and O–H groups in total. The highest BCUT2D eigenvalue weighted by molar-refractivity contribution is 14.0. The van der Waals surface area contributed by atoms with Gasteiger partial charge in [0.25, 0.3) is 0 Å². The molecule has 0 bridgehead atoms. The number of carbonyl (C=O) groups is 1. The number of hydrogen-bond acceptors (Lipinski definition) is 6. The minimum atomic E-state index is -0.0388. The van der Waals surface area contributed by atoms with Crippen LogP contribution in [0.15, 0.2) is 30.6 Å². The number of Topliss-reactive ketones (excluding diaryl/α,β-unsaturated/α-hetero) is 1. The van der Waals surface area contributed by atoms with Crippen LogP contribution in [0.2, 0.25) is 0 Å². The summed E-state index contributed by atoms with van der Waals surface area (Å²) in [5.74, 6) is 1.93. The number of halogens is 1. The van der Waals surface area contributed by atoms with Crippen LogP contribution in [0, 0.1) is 6.92 Å². The van der Waals surface area contributed by atoms with Gasteiger partial charge in [0.1, 0.15) is 17.4 Å². The lowest BCUT2D eigenvalue weighted by Crippen LogP contribution is -2.16. The van der Waals surface area contributed by atoms with E-state index < -0.39 is 0 Å². The highest BCUT2D eigenvalue weighted by Crippen LogP contribution is 2.24. The van der Waals surface area contributed by atoms with Crippen LogP contribution in [-0.4, -0.2) is 41.0 Å². The Morgan fingerprint density at radius 1 is 1.33 bits per heavy atom. The van der Waals surface area contributed by atoms with Crippen LogP contribution < -0.4 is 10.1 Å². The van der Waals surface area contributed by atoms with Gasteiger partial charge in [-0.05, 0) is 32.0 Å². The number of aryl methyl sites for hydroxylation is 1. The van der Waals surface area contributed by atoms with Gasteiger partial charge in [0, 0.05) is 41.0 Å². The largest absolute Gasteiger partial charge is 0.497 e. The Balaban J connectivity index is 0.00000261. The van der Waals surface area contributed by atoms with E-state index in [4.69, 9.17) is 9.47 Å². The second-order valence-electron chi connectivity index (χ2n) is 5.82. The molecule has 0 saturated carbocycles. The minimum absolute atomic E-state index is 0. The number of benzene rings is 1. The van der Waals surface area contributed by atoms with Gasteiger partial charge in [0.15, 0.2) is 5.78 Å².